The third kappa shape index (κ3) is 4.58. The Labute approximate surface area is 164 Å². The first kappa shape index (κ1) is 18.2. The minimum atomic E-state index is 0.400. The zero-order chi connectivity index (χ0) is 19.2. The van der Waals surface area contributed by atoms with Crippen molar-refractivity contribution < 1.29 is 0 Å². The molecule has 1 unspecified atom stereocenters. The van der Waals surface area contributed by atoms with Crippen LogP contribution in [0.1, 0.15) is 30.0 Å². The second-order valence-electron chi connectivity index (χ2n) is 6.90. The largest absolute Gasteiger partial charge is 0.373 e. The van der Waals surface area contributed by atoms with Crippen LogP contribution in [0.2, 0.25) is 0 Å². The van der Waals surface area contributed by atoms with Crippen LogP contribution in [0, 0.1) is 0 Å². The first-order chi connectivity index (χ1) is 13.8. The zero-order valence-corrected chi connectivity index (χ0v) is 15.9. The Morgan fingerprint density at radius 1 is 1.07 bits per heavy atom. The first-order valence-corrected chi connectivity index (χ1v) is 9.51. The molecule has 144 valence electrons. The van der Waals surface area contributed by atoms with E-state index in [4.69, 9.17) is 4.98 Å². The van der Waals surface area contributed by atoms with Crippen LogP contribution in [-0.4, -0.2) is 50.0 Å². The van der Waals surface area contributed by atoms with Crippen molar-refractivity contribution >= 4 is 17.6 Å². The van der Waals surface area contributed by atoms with Crippen LogP contribution in [0.25, 0.3) is 0 Å². The van der Waals surface area contributed by atoms with E-state index in [9.17, 15) is 0 Å². The SMILES string of the molecule is CNc1cc(Nc2nccc(C3CCCN(Cc4ccncc4)C3)n2)ncn1. The van der Waals surface area contributed by atoms with Crippen molar-refractivity contribution in [3.8, 4) is 0 Å². The number of aromatic nitrogens is 5. The van der Waals surface area contributed by atoms with Crippen molar-refractivity contribution in [3.63, 3.8) is 0 Å². The molecule has 0 amide bonds. The van der Waals surface area contributed by atoms with Gasteiger partial charge in [0.15, 0.2) is 0 Å². The number of pyridine rings is 1. The smallest absolute Gasteiger partial charge is 0.228 e. The second kappa shape index (κ2) is 8.71. The fourth-order valence-corrected chi connectivity index (χ4v) is 3.52. The third-order valence-corrected chi connectivity index (χ3v) is 4.92. The van der Waals surface area contributed by atoms with Gasteiger partial charge in [-0.05, 0) is 43.1 Å². The van der Waals surface area contributed by atoms with E-state index < -0.39 is 0 Å². The second-order valence-corrected chi connectivity index (χ2v) is 6.90. The molecule has 0 bridgehead atoms. The van der Waals surface area contributed by atoms with Crippen molar-refractivity contribution in [1.82, 2.24) is 29.8 Å². The minimum absolute atomic E-state index is 0.400. The Hall–Kier alpha value is -3.13. The van der Waals surface area contributed by atoms with Crippen molar-refractivity contribution in [2.75, 3.05) is 30.8 Å². The molecule has 1 aliphatic heterocycles. The molecule has 1 aliphatic rings. The van der Waals surface area contributed by atoms with E-state index in [1.54, 1.807) is 0 Å². The predicted octanol–water partition coefficient (Wildman–Crippen LogP) is 2.83. The average Bonchev–Trinajstić information content (AvgIpc) is 2.75. The zero-order valence-electron chi connectivity index (χ0n) is 15.9. The highest BCUT2D eigenvalue weighted by atomic mass is 15.2. The standard InChI is InChI=1S/C20H24N8/c1-21-18-11-19(25-14-24-18)27-20-23-9-6-17(26-20)16-3-2-10-28(13-16)12-15-4-7-22-8-5-15/h4-9,11,14,16H,2-3,10,12-13H2,1H3,(H2,21,23,24,25,26,27). The van der Waals surface area contributed by atoms with Gasteiger partial charge < -0.3 is 10.6 Å². The molecule has 2 N–H and O–H groups in total. The summed E-state index contributed by atoms with van der Waals surface area (Å²) in [5, 5.41) is 6.17. The minimum Gasteiger partial charge on any atom is -0.373 e. The summed E-state index contributed by atoms with van der Waals surface area (Å²) in [5.41, 5.74) is 2.37. The summed E-state index contributed by atoms with van der Waals surface area (Å²) in [6, 6.07) is 8.01. The van der Waals surface area contributed by atoms with Crippen molar-refractivity contribution in [1.29, 1.82) is 0 Å². The van der Waals surface area contributed by atoms with E-state index in [0.717, 1.165) is 37.6 Å². The van der Waals surface area contributed by atoms with E-state index in [-0.39, 0.29) is 0 Å². The number of piperidine rings is 1. The van der Waals surface area contributed by atoms with Gasteiger partial charge in [-0.15, -0.1) is 0 Å². The molecule has 0 aromatic carbocycles. The molecule has 0 saturated carbocycles. The highest BCUT2D eigenvalue weighted by Gasteiger charge is 2.23. The van der Waals surface area contributed by atoms with Gasteiger partial charge in [-0.1, -0.05) is 0 Å². The number of likely N-dealkylation sites (tertiary alicyclic amines) is 1. The number of anilines is 3. The number of hydrogen-bond acceptors (Lipinski definition) is 8. The quantitative estimate of drug-likeness (QED) is 0.679. The van der Waals surface area contributed by atoms with Gasteiger partial charge in [-0.25, -0.2) is 19.9 Å². The number of nitrogens with zero attached hydrogens (tertiary/aromatic N) is 6. The Balaban J connectivity index is 1.44. The topological polar surface area (TPSA) is 91.8 Å². The molecule has 28 heavy (non-hydrogen) atoms. The van der Waals surface area contributed by atoms with Crippen LogP contribution in [0.5, 0.6) is 0 Å². The van der Waals surface area contributed by atoms with E-state index in [1.165, 1.54) is 18.3 Å². The van der Waals surface area contributed by atoms with Crippen molar-refractivity contribution in [2.45, 2.75) is 25.3 Å². The molecule has 3 aromatic heterocycles. The molecule has 8 heteroatoms. The normalized spacial score (nSPS) is 17.2. The van der Waals surface area contributed by atoms with Crippen LogP contribution in [0.15, 0.2) is 49.2 Å². The number of hydrogen-bond donors (Lipinski definition) is 2. The van der Waals surface area contributed by atoms with Crippen molar-refractivity contribution in [3.05, 3.63) is 60.4 Å². The maximum atomic E-state index is 4.75. The molecular formula is C20H24N8. The molecule has 4 heterocycles. The average molecular weight is 376 g/mol. The lowest BCUT2D eigenvalue weighted by Gasteiger charge is -2.32. The maximum Gasteiger partial charge on any atom is 0.228 e. The fraction of sp³-hybridized carbons (Fsp3) is 0.350. The van der Waals surface area contributed by atoms with Crippen LogP contribution in [0.4, 0.5) is 17.6 Å². The molecule has 0 aliphatic carbocycles. The lowest BCUT2D eigenvalue weighted by atomic mass is 9.94. The summed E-state index contributed by atoms with van der Waals surface area (Å²) < 4.78 is 0. The van der Waals surface area contributed by atoms with Crippen LogP contribution >= 0.6 is 0 Å². The molecule has 1 saturated heterocycles. The van der Waals surface area contributed by atoms with E-state index in [2.05, 4.69) is 47.6 Å². The molecule has 1 atom stereocenters. The van der Waals surface area contributed by atoms with E-state index in [1.807, 2.05) is 37.8 Å². The summed E-state index contributed by atoms with van der Waals surface area (Å²) in [5.74, 6) is 2.37. The van der Waals surface area contributed by atoms with Gasteiger partial charge in [-0.2, -0.15) is 0 Å². The Morgan fingerprint density at radius 3 is 2.79 bits per heavy atom. The van der Waals surface area contributed by atoms with Crippen LogP contribution in [0.3, 0.4) is 0 Å². The molecule has 0 radical (unpaired) electrons. The van der Waals surface area contributed by atoms with E-state index >= 15 is 0 Å². The lowest BCUT2D eigenvalue weighted by molar-refractivity contribution is 0.198. The van der Waals surface area contributed by atoms with Gasteiger partial charge in [-0.3, -0.25) is 9.88 Å². The van der Waals surface area contributed by atoms with Gasteiger partial charge in [0.1, 0.15) is 18.0 Å². The summed E-state index contributed by atoms with van der Waals surface area (Å²) in [6.07, 6.45) is 9.33. The highest BCUT2D eigenvalue weighted by Crippen LogP contribution is 2.27. The molecular weight excluding hydrogens is 352 g/mol. The Bertz CT molecular complexity index is 901. The van der Waals surface area contributed by atoms with Gasteiger partial charge in [0.2, 0.25) is 5.95 Å². The van der Waals surface area contributed by atoms with Crippen molar-refractivity contribution in [2.24, 2.45) is 0 Å². The lowest BCUT2D eigenvalue weighted by Crippen LogP contribution is -2.34. The summed E-state index contributed by atoms with van der Waals surface area (Å²) >= 11 is 0. The first-order valence-electron chi connectivity index (χ1n) is 9.51. The van der Waals surface area contributed by atoms with Crippen LogP contribution in [-0.2, 0) is 6.54 Å². The maximum absolute atomic E-state index is 4.75. The third-order valence-electron chi connectivity index (χ3n) is 4.92. The Morgan fingerprint density at radius 2 is 1.93 bits per heavy atom. The van der Waals surface area contributed by atoms with Crippen LogP contribution < -0.4 is 10.6 Å². The molecule has 8 nitrogen and oxygen atoms in total. The van der Waals surface area contributed by atoms with Gasteiger partial charge in [0, 0.05) is 50.7 Å². The highest BCUT2D eigenvalue weighted by molar-refractivity contribution is 5.52. The number of nitrogens with one attached hydrogen (secondary N) is 2. The van der Waals surface area contributed by atoms with Gasteiger partial charge >= 0.3 is 0 Å². The van der Waals surface area contributed by atoms with E-state index in [0.29, 0.717) is 17.7 Å². The molecule has 4 rings (SSSR count). The monoisotopic (exact) mass is 376 g/mol. The molecule has 3 aromatic rings. The Kier molecular flexibility index (Phi) is 5.67. The van der Waals surface area contributed by atoms with Gasteiger partial charge in [0.05, 0.1) is 5.69 Å². The molecule has 1 fully saturated rings. The number of rotatable bonds is 6. The summed E-state index contributed by atoms with van der Waals surface area (Å²) in [4.78, 5) is 24.0. The van der Waals surface area contributed by atoms with Gasteiger partial charge in [0.25, 0.3) is 0 Å². The predicted molar refractivity (Wildman–Crippen MR) is 108 cm³/mol. The molecule has 0 spiro atoms. The summed E-state index contributed by atoms with van der Waals surface area (Å²) in [7, 11) is 1.82. The fourth-order valence-electron chi connectivity index (χ4n) is 3.52. The summed E-state index contributed by atoms with van der Waals surface area (Å²) in [6.45, 7) is 3.06.